The van der Waals surface area contributed by atoms with Crippen molar-refractivity contribution in [2.45, 2.75) is 44.2 Å². The Morgan fingerprint density at radius 1 is 1.41 bits per heavy atom. The average molecular weight is 240 g/mol. The number of carbonyl (C=O) groups excluding carboxylic acids is 1. The number of rotatable bonds is 3. The van der Waals surface area contributed by atoms with Crippen molar-refractivity contribution in [2.75, 3.05) is 20.1 Å². The fraction of sp³-hybridized carbons (Fsp3) is 0.833. The number of carboxylic acid groups (broad SMARTS) is 1. The standard InChI is InChI=1S/C12H20N2O3/c1-13-10(6-12(16)17)7-14(8-11(13)15)9-4-2-3-5-9/h9-10H,2-8H2,1H3,(H,16,17). The predicted molar refractivity (Wildman–Crippen MR) is 62.6 cm³/mol. The molecule has 2 fully saturated rings. The molecule has 2 rings (SSSR count). The van der Waals surface area contributed by atoms with Gasteiger partial charge < -0.3 is 10.0 Å². The lowest BCUT2D eigenvalue weighted by atomic mass is 10.1. The minimum Gasteiger partial charge on any atom is -0.481 e. The van der Waals surface area contributed by atoms with E-state index >= 15 is 0 Å². The highest BCUT2D eigenvalue weighted by molar-refractivity contribution is 5.80. The molecule has 0 aromatic heterocycles. The molecular weight excluding hydrogens is 220 g/mol. The molecule has 1 amide bonds. The Morgan fingerprint density at radius 2 is 2.06 bits per heavy atom. The van der Waals surface area contributed by atoms with Crippen LogP contribution in [0, 0.1) is 0 Å². The second kappa shape index (κ2) is 5.04. The lowest BCUT2D eigenvalue weighted by Gasteiger charge is -2.41. The van der Waals surface area contributed by atoms with E-state index in [4.69, 9.17) is 5.11 Å². The SMILES string of the molecule is CN1C(=O)CN(C2CCCC2)CC1CC(=O)O. The highest BCUT2D eigenvalue weighted by atomic mass is 16.4. The Morgan fingerprint density at radius 3 is 2.65 bits per heavy atom. The summed E-state index contributed by atoms with van der Waals surface area (Å²) in [5.74, 6) is -0.780. The van der Waals surface area contributed by atoms with Gasteiger partial charge in [-0.25, -0.2) is 0 Å². The number of hydrogen-bond acceptors (Lipinski definition) is 3. The fourth-order valence-corrected chi connectivity index (χ4v) is 2.90. The van der Waals surface area contributed by atoms with Crippen LogP contribution in [0.25, 0.3) is 0 Å². The molecule has 1 aliphatic carbocycles. The summed E-state index contributed by atoms with van der Waals surface area (Å²) in [6.45, 7) is 1.16. The van der Waals surface area contributed by atoms with Crippen LogP contribution in [-0.4, -0.2) is 59.0 Å². The molecular formula is C12H20N2O3. The molecule has 17 heavy (non-hydrogen) atoms. The Hall–Kier alpha value is -1.10. The lowest BCUT2D eigenvalue weighted by Crippen LogP contribution is -2.57. The monoisotopic (exact) mass is 240 g/mol. The molecule has 1 aliphatic heterocycles. The molecule has 0 bridgehead atoms. The van der Waals surface area contributed by atoms with Crippen molar-refractivity contribution in [2.24, 2.45) is 0 Å². The summed E-state index contributed by atoms with van der Waals surface area (Å²) in [5, 5.41) is 8.86. The van der Waals surface area contributed by atoms with Gasteiger partial charge in [-0.15, -0.1) is 0 Å². The van der Waals surface area contributed by atoms with E-state index in [0.29, 0.717) is 19.1 Å². The van der Waals surface area contributed by atoms with Gasteiger partial charge in [-0.05, 0) is 12.8 Å². The molecule has 1 N–H and O–H groups in total. The maximum Gasteiger partial charge on any atom is 0.305 e. The normalized spacial score (nSPS) is 27.7. The van der Waals surface area contributed by atoms with Crippen molar-refractivity contribution in [3.8, 4) is 0 Å². The first kappa shape index (κ1) is 12.4. The largest absolute Gasteiger partial charge is 0.481 e. The third kappa shape index (κ3) is 2.77. The fourth-order valence-electron chi connectivity index (χ4n) is 2.90. The van der Waals surface area contributed by atoms with Gasteiger partial charge in [-0.3, -0.25) is 14.5 Å². The van der Waals surface area contributed by atoms with E-state index < -0.39 is 5.97 Å². The molecule has 5 nitrogen and oxygen atoms in total. The molecule has 0 aromatic rings. The number of piperazine rings is 1. The van der Waals surface area contributed by atoms with E-state index in [2.05, 4.69) is 4.90 Å². The van der Waals surface area contributed by atoms with Crippen LogP contribution >= 0.6 is 0 Å². The van der Waals surface area contributed by atoms with Gasteiger partial charge in [-0.2, -0.15) is 0 Å². The zero-order chi connectivity index (χ0) is 12.4. The number of nitrogens with zero attached hydrogens (tertiary/aromatic N) is 2. The molecule has 1 atom stereocenters. The number of likely N-dealkylation sites (N-methyl/N-ethyl adjacent to an activating group) is 1. The van der Waals surface area contributed by atoms with Gasteiger partial charge in [0.2, 0.25) is 5.91 Å². The summed E-state index contributed by atoms with van der Waals surface area (Å²) < 4.78 is 0. The van der Waals surface area contributed by atoms with Gasteiger partial charge >= 0.3 is 5.97 Å². The minimum absolute atomic E-state index is 0.0471. The molecule has 5 heteroatoms. The number of amides is 1. The van der Waals surface area contributed by atoms with Gasteiger partial charge in [0.15, 0.2) is 0 Å². The third-order valence-electron chi connectivity index (χ3n) is 3.98. The smallest absolute Gasteiger partial charge is 0.305 e. The first-order valence-corrected chi connectivity index (χ1v) is 6.29. The summed E-state index contributed by atoms with van der Waals surface area (Å²) in [6, 6.07) is 0.318. The molecule has 2 aliphatic rings. The van der Waals surface area contributed by atoms with Crippen LogP contribution in [0.15, 0.2) is 0 Å². The topological polar surface area (TPSA) is 60.9 Å². The van der Waals surface area contributed by atoms with E-state index in [1.54, 1.807) is 11.9 Å². The van der Waals surface area contributed by atoms with Crippen molar-refractivity contribution in [3.05, 3.63) is 0 Å². The van der Waals surface area contributed by atoms with E-state index in [-0.39, 0.29) is 18.4 Å². The molecule has 1 saturated carbocycles. The third-order valence-corrected chi connectivity index (χ3v) is 3.98. The quantitative estimate of drug-likeness (QED) is 0.782. The van der Waals surface area contributed by atoms with Gasteiger partial charge in [0.1, 0.15) is 0 Å². The van der Waals surface area contributed by atoms with E-state index in [9.17, 15) is 9.59 Å². The number of carboxylic acids is 1. The van der Waals surface area contributed by atoms with E-state index in [0.717, 1.165) is 12.8 Å². The first-order valence-electron chi connectivity index (χ1n) is 6.29. The second-order valence-electron chi connectivity index (χ2n) is 5.12. The van der Waals surface area contributed by atoms with Gasteiger partial charge in [0.05, 0.1) is 19.0 Å². The average Bonchev–Trinajstić information content (AvgIpc) is 2.77. The molecule has 1 saturated heterocycles. The summed E-state index contributed by atoms with van der Waals surface area (Å²) in [4.78, 5) is 26.4. The van der Waals surface area contributed by atoms with Crippen LogP contribution in [0.3, 0.4) is 0 Å². The molecule has 96 valence electrons. The van der Waals surface area contributed by atoms with Gasteiger partial charge in [-0.1, -0.05) is 12.8 Å². The molecule has 0 radical (unpaired) electrons. The Kier molecular flexibility index (Phi) is 3.66. The molecule has 1 heterocycles. The van der Waals surface area contributed by atoms with Crippen molar-refractivity contribution >= 4 is 11.9 Å². The summed E-state index contributed by atoms with van der Waals surface area (Å²) in [7, 11) is 1.71. The Balaban J connectivity index is 2.01. The maximum atomic E-state index is 11.8. The Bertz CT molecular complexity index is 313. The number of carbonyl (C=O) groups is 2. The zero-order valence-corrected chi connectivity index (χ0v) is 10.3. The first-order chi connectivity index (χ1) is 8.08. The van der Waals surface area contributed by atoms with Crippen molar-refractivity contribution in [1.29, 1.82) is 0 Å². The van der Waals surface area contributed by atoms with E-state index in [1.165, 1.54) is 12.8 Å². The van der Waals surface area contributed by atoms with Gasteiger partial charge in [0, 0.05) is 19.6 Å². The highest BCUT2D eigenvalue weighted by Gasteiger charge is 2.35. The van der Waals surface area contributed by atoms with Crippen LogP contribution in [-0.2, 0) is 9.59 Å². The van der Waals surface area contributed by atoms with E-state index in [1.807, 2.05) is 0 Å². The summed E-state index contributed by atoms with van der Waals surface area (Å²) in [6.07, 6.45) is 4.81. The van der Waals surface area contributed by atoms with Crippen LogP contribution in [0.1, 0.15) is 32.1 Å². The molecule has 0 aromatic carbocycles. The van der Waals surface area contributed by atoms with Crippen LogP contribution in [0.2, 0.25) is 0 Å². The minimum atomic E-state index is -0.831. The molecule has 0 spiro atoms. The van der Waals surface area contributed by atoms with Crippen LogP contribution < -0.4 is 0 Å². The number of aliphatic carboxylic acids is 1. The Labute approximate surface area is 101 Å². The number of hydrogen-bond donors (Lipinski definition) is 1. The summed E-state index contributed by atoms with van der Waals surface area (Å²) in [5.41, 5.74) is 0. The highest BCUT2D eigenvalue weighted by Crippen LogP contribution is 2.26. The zero-order valence-electron chi connectivity index (χ0n) is 10.3. The van der Waals surface area contributed by atoms with Gasteiger partial charge in [0.25, 0.3) is 0 Å². The predicted octanol–water partition coefficient (Wildman–Crippen LogP) is 0.546. The lowest BCUT2D eigenvalue weighted by molar-refractivity contribution is -0.144. The summed E-state index contributed by atoms with van der Waals surface area (Å²) >= 11 is 0. The molecule has 1 unspecified atom stereocenters. The van der Waals surface area contributed by atoms with Crippen molar-refractivity contribution in [1.82, 2.24) is 9.80 Å². The van der Waals surface area contributed by atoms with Crippen molar-refractivity contribution < 1.29 is 14.7 Å². The van der Waals surface area contributed by atoms with Crippen LogP contribution in [0.5, 0.6) is 0 Å². The van der Waals surface area contributed by atoms with Crippen molar-refractivity contribution in [3.63, 3.8) is 0 Å². The second-order valence-corrected chi connectivity index (χ2v) is 5.12. The maximum absolute atomic E-state index is 11.8. The van der Waals surface area contributed by atoms with Crippen LogP contribution in [0.4, 0.5) is 0 Å².